The van der Waals surface area contributed by atoms with Crippen molar-refractivity contribution in [3.8, 4) is 0 Å². The van der Waals surface area contributed by atoms with Gasteiger partial charge in [0.25, 0.3) is 0 Å². The second kappa shape index (κ2) is 5.51. The van der Waals surface area contributed by atoms with Crippen molar-refractivity contribution in [3.63, 3.8) is 0 Å². The van der Waals surface area contributed by atoms with Gasteiger partial charge in [-0.2, -0.15) is 11.8 Å². The highest BCUT2D eigenvalue weighted by Gasteiger charge is 2.46. The molecule has 0 spiro atoms. The number of nitrogens with two attached hydrogens (primary N) is 2. The van der Waals surface area contributed by atoms with E-state index in [1.54, 1.807) is 11.8 Å². The van der Waals surface area contributed by atoms with Gasteiger partial charge in [-0.05, 0) is 36.5 Å². The van der Waals surface area contributed by atoms with E-state index in [2.05, 4.69) is 0 Å². The van der Waals surface area contributed by atoms with Crippen LogP contribution in [-0.2, 0) is 10.5 Å². The smallest absolute Gasteiger partial charge is 0.238 e. The fourth-order valence-corrected chi connectivity index (χ4v) is 3.28. The summed E-state index contributed by atoms with van der Waals surface area (Å²) in [6.45, 7) is 0. The second-order valence-corrected chi connectivity index (χ2v) is 6.22. The van der Waals surface area contributed by atoms with Crippen molar-refractivity contribution in [1.29, 1.82) is 0 Å². The molecule has 0 saturated heterocycles. The lowest BCUT2D eigenvalue weighted by molar-refractivity contribution is -0.123. The van der Waals surface area contributed by atoms with E-state index in [1.165, 1.54) is 5.56 Å². The molecule has 0 aromatic heterocycles. The molecule has 1 saturated carbocycles. The van der Waals surface area contributed by atoms with E-state index in [9.17, 15) is 4.79 Å². The molecule has 1 aliphatic carbocycles. The fraction of sp³-hybridized carbons (Fsp3) is 0.462. The van der Waals surface area contributed by atoms with E-state index >= 15 is 0 Å². The second-order valence-electron chi connectivity index (χ2n) is 4.80. The molecule has 4 N–H and O–H groups in total. The summed E-state index contributed by atoms with van der Waals surface area (Å²) in [6, 6.07) is 7.69. The van der Waals surface area contributed by atoms with Crippen LogP contribution in [0.1, 0.15) is 18.4 Å². The third-order valence-corrected chi connectivity index (χ3v) is 4.76. The molecule has 1 unspecified atom stereocenters. The molecule has 5 heteroatoms. The zero-order valence-corrected chi connectivity index (χ0v) is 11.6. The van der Waals surface area contributed by atoms with Crippen LogP contribution < -0.4 is 11.5 Å². The first-order valence-electron chi connectivity index (χ1n) is 5.93. The number of rotatable bonds is 6. The largest absolute Gasteiger partial charge is 0.368 e. The average Bonchev–Trinajstić information content (AvgIpc) is 3.15. The number of carbonyl (C=O) groups is 1. The highest BCUT2D eigenvalue weighted by molar-refractivity contribution is 7.98. The number of halogens is 1. The fourth-order valence-electron chi connectivity index (χ4n) is 1.91. The molecule has 1 fully saturated rings. The predicted octanol–water partition coefficient (Wildman–Crippen LogP) is 2.17. The molecule has 98 valence electrons. The summed E-state index contributed by atoms with van der Waals surface area (Å²) in [5, 5.41) is 0.729. The van der Waals surface area contributed by atoms with Crippen molar-refractivity contribution in [1.82, 2.24) is 0 Å². The molecule has 1 aliphatic rings. The normalized spacial score (nSPS) is 18.3. The topological polar surface area (TPSA) is 69.1 Å². The van der Waals surface area contributed by atoms with Gasteiger partial charge in [0.1, 0.15) is 5.54 Å². The lowest BCUT2D eigenvalue weighted by atomic mass is 9.96. The summed E-state index contributed by atoms with van der Waals surface area (Å²) in [7, 11) is 0. The molecule has 0 radical (unpaired) electrons. The first kappa shape index (κ1) is 13.7. The van der Waals surface area contributed by atoms with Crippen LogP contribution in [0.15, 0.2) is 24.3 Å². The highest BCUT2D eigenvalue weighted by Crippen LogP contribution is 2.40. The monoisotopic (exact) mass is 284 g/mol. The van der Waals surface area contributed by atoms with Crippen molar-refractivity contribution in [2.45, 2.75) is 24.1 Å². The molecule has 2 rings (SSSR count). The zero-order chi connectivity index (χ0) is 13.2. The van der Waals surface area contributed by atoms with Crippen LogP contribution in [0.5, 0.6) is 0 Å². The summed E-state index contributed by atoms with van der Waals surface area (Å²) in [5.41, 5.74) is 11.9. The molecular weight excluding hydrogens is 268 g/mol. The SMILES string of the molecule is NC(=O)C(N)(CSCc1ccc(Cl)cc1)C1CC1. The van der Waals surface area contributed by atoms with Gasteiger partial charge in [-0.15, -0.1) is 0 Å². The van der Waals surface area contributed by atoms with Crippen LogP contribution in [0.2, 0.25) is 5.02 Å². The van der Waals surface area contributed by atoms with Crippen molar-refractivity contribution in [2.24, 2.45) is 17.4 Å². The highest BCUT2D eigenvalue weighted by atomic mass is 35.5. The molecule has 3 nitrogen and oxygen atoms in total. The number of thioether (sulfide) groups is 1. The maximum absolute atomic E-state index is 11.5. The number of hydrogen-bond donors (Lipinski definition) is 2. The van der Waals surface area contributed by atoms with Crippen LogP contribution in [-0.4, -0.2) is 17.2 Å². The third-order valence-electron chi connectivity index (χ3n) is 3.29. The maximum Gasteiger partial charge on any atom is 0.238 e. The number of amides is 1. The van der Waals surface area contributed by atoms with Crippen molar-refractivity contribution >= 4 is 29.3 Å². The standard InChI is InChI=1S/C13H17ClN2OS/c14-11-5-1-9(2-6-11)7-18-8-13(16,12(15)17)10-3-4-10/h1-2,5-6,10H,3-4,7-8,16H2,(H2,15,17). The van der Waals surface area contributed by atoms with Crippen LogP contribution >= 0.6 is 23.4 Å². The van der Waals surface area contributed by atoms with E-state index in [0.29, 0.717) is 5.75 Å². The summed E-state index contributed by atoms with van der Waals surface area (Å²) in [5.74, 6) is 1.28. The lowest BCUT2D eigenvalue weighted by Crippen LogP contribution is -2.56. The summed E-state index contributed by atoms with van der Waals surface area (Å²) in [4.78, 5) is 11.5. The Morgan fingerprint density at radius 3 is 2.50 bits per heavy atom. The van der Waals surface area contributed by atoms with E-state index < -0.39 is 5.54 Å². The molecule has 0 aliphatic heterocycles. The Labute approximate surface area is 116 Å². The van der Waals surface area contributed by atoms with Crippen LogP contribution in [0, 0.1) is 5.92 Å². The van der Waals surface area contributed by atoms with Gasteiger partial charge < -0.3 is 11.5 Å². The first-order chi connectivity index (χ1) is 8.52. The molecular formula is C13H17ClN2OS. The Hall–Kier alpha value is -0.710. The van der Waals surface area contributed by atoms with Gasteiger partial charge in [-0.3, -0.25) is 4.79 Å². The minimum Gasteiger partial charge on any atom is -0.368 e. The van der Waals surface area contributed by atoms with Crippen molar-refractivity contribution in [2.75, 3.05) is 5.75 Å². The van der Waals surface area contributed by atoms with Gasteiger partial charge in [0, 0.05) is 16.5 Å². The number of carbonyl (C=O) groups excluding carboxylic acids is 1. The average molecular weight is 285 g/mol. The minimum atomic E-state index is -0.836. The molecule has 1 atom stereocenters. The molecule has 1 amide bonds. The third kappa shape index (κ3) is 3.19. The van der Waals surface area contributed by atoms with Crippen LogP contribution in [0.3, 0.4) is 0 Å². The van der Waals surface area contributed by atoms with E-state index in [1.807, 2.05) is 24.3 Å². The van der Waals surface area contributed by atoms with Crippen molar-refractivity contribution < 1.29 is 4.79 Å². The summed E-state index contributed by atoms with van der Waals surface area (Å²) < 4.78 is 0. The minimum absolute atomic E-state index is 0.271. The van der Waals surface area contributed by atoms with Crippen LogP contribution in [0.4, 0.5) is 0 Å². The Balaban J connectivity index is 1.87. The van der Waals surface area contributed by atoms with Gasteiger partial charge in [0.2, 0.25) is 5.91 Å². The maximum atomic E-state index is 11.5. The number of hydrogen-bond acceptors (Lipinski definition) is 3. The molecule has 1 aromatic rings. The molecule has 18 heavy (non-hydrogen) atoms. The summed E-state index contributed by atoms with van der Waals surface area (Å²) >= 11 is 7.47. The Bertz CT molecular complexity index is 433. The number of benzene rings is 1. The predicted molar refractivity (Wildman–Crippen MR) is 76.5 cm³/mol. The van der Waals surface area contributed by atoms with Gasteiger partial charge >= 0.3 is 0 Å². The van der Waals surface area contributed by atoms with E-state index in [-0.39, 0.29) is 11.8 Å². The first-order valence-corrected chi connectivity index (χ1v) is 7.46. The van der Waals surface area contributed by atoms with Gasteiger partial charge in [-0.1, -0.05) is 23.7 Å². The molecule has 0 heterocycles. The number of primary amides is 1. The zero-order valence-electron chi connectivity index (χ0n) is 10.1. The Kier molecular flexibility index (Phi) is 4.20. The quantitative estimate of drug-likeness (QED) is 0.841. The summed E-state index contributed by atoms with van der Waals surface area (Å²) in [6.07, 6.45) is 2.03. The van der Waals surface area contributed by atoms with Crippen molar-refractivity contribution in [3.05, 3.63) is 34.9 Å². The van der Waals surface area contributed by atoms with E-state index in [4.69, 9.17) is 23.1 Å². The lowest BCUT2D eigenvalue weighted by Gasteiger charge is -2.25. The molecule has 1 aromatic carbocycles. The van der Waals surface area contributed by atoms with Gasteiger partial charge in [-0.25, -0.2) is 0 Å². The molecule has 0 bridgehead atoms. The Morgan fingerprint density at radius 2 is 2.00 bits per heavy atom. The van der Waals surface area contributed by atoms with Gasteiger partial charge in [0.15, 0.2) is 0 Å². The van der Waals surface area contributed by atoms with Crippen LogP contribution in [0.25, 0.3) is 0 Å². The van der Waals surface area contributed by atoms with Gasteiger partial charge in [0.05, 0.1) is 0 Å². The Morgan fingerprint density at radius 1 is 1.39 bits per heavy atom. The van der Waals surface area contributed by atoms with E-state index in [0.717, 1.165) is 23.6 Å².